The Morgan fingerprint density at radius 2 is 1.87 bits per heavy atom. The molecule has 2 aromatic carbocycles. The van der Waals surface area contributed by atoms with Gasteiger partial charge in [0.25, 0.3) is 11.2 Å². The molecule has 1 saturated heterocycles. The number of amides is 1. The third-order valence-electron chi connectivity index (χ3n) is 4.30. The minimum absolute atomic E-state index is 0.0378. The molecule has 31 heavy (non-hydrogen) atoms. The summed E-state index contributed by atoms with van der Waals surface area (Å²) in [6, 6.07) is 6.64. The van der Waals surface area contributed by atoms with E-state index in [9.17, 15) is 26.7 Å². The second-order valence-electron chi connectivity index (χ2n) is 6.74. The predicted octanol–water partition coefficient (Wildman–Crippen LogP) is 4.96. The molecule has 2 aromatic rings. The Morgan fingerprint density at radius 3 is 2.42 bits per heavy atom. The highest BCUT2D eigenvalue weighted by Gasteiger charge is 2.35. The van der Waals surface area contributed by atoms with Gasteiger partial charge in [0.15, 0.2) is 0 Å². The second-order valence-corrected chi connectivity index (χ2v) is 7.76. The van der Waals surface area contributed by atoms with Gasteiger partial charge in [-0.2, -0.15) is 13.2 Å². The zero-order valence-corrected chi connectivity index (χ0v) is 16.8. The van der Waals surface area contributed by atoms with Gasteiger partial charge in [-0.3, -0.25) is 10.2 Å². The first-order valence-corrected chi connectivity index (χ1v) is 9.56. The van der Waals surface area contributed by atoms with E-state index >= 15 is 0 Å². The topological polar surface area (TPSA) is 62.2 Å². The Bertz CT molecular complexity index is 1080. The van der Waals surface area contributed by atoms with E-state index in [1.807, 2.05) is 0 Å². The van der Waals surface area contributed by atoms with Crippen LogP contribution in [0.1, 0.15) is 29.2 Å². The summed E-state index contributed by atoms with van der Waals surface area (Å²) in [5.74, 6) is -3.39. The Labute approximate surface area is 179 Å². The molecule has 1 fully saturated rings. The van der Waals surface area contributed by atoms with Crippen molar-refractivity contribution in [1.29, 1.82) is 5.41 Å². The lowest BCUT2D eigenvalue weighted by molar-refractivity contribution is -0.137. The van der Waals surface area contributed by atoms with E-state index in [1.165, 1.54) is 12.1 Å². The van der Waals surface area contributed by atoms with E-state index in [4.69, 9.17) is 18.0 Å². The first kappa shape index (κ1) is 22.9. The first-order chi connectivity index (χ1) is 14.3. The van der Waals surface area contributed by atoms with Gasteiger partial charge in [-0.15, -0.1) is 0 Å². The highest BCUT2D eigenvalue weighted by atomic mass is 32.2. The van der Waals surface area contributed by atoms with E-state index in [1.54, 1.807) is 12.1 Å². The van der Waals surface area contributed by atoms with E-state index in [0.29, 0.717) is 23.5 Å². The lowest BCUT2D eigenvalue weighted by Gasteiger charge is -2.19. The summed E-state index contributed by atoms with van der Waals surface area (Å²) in [5.41, 5.74) is -1.33. The average Bonchev–Trinajstić information content (AvgIpc) is 2.96. The third kappa shape index (κ3) is 5.46. The Hall–Kier alpha value is -2.82. The Balaban J connectivity index is 1.81. The lowest BCUT2D eigenvalue weighted by atomic mass is 9.93. The number of alkyl halides is 5. The van der Waals surface area contributed by atoms with Crippen LogP contribution in [0.3, 0.4) is 0 Å². The number of rotatable bonds is 5. The number of thioether (sulfide) groups is 1. The van der Waals surface area contributed by atoms with Crippen molar-refractivity contribution in [2.24, 2.45) is 0 Å². The molecule has 0 unspecified atom stereocenters. The fraction of sp³-hybridized carbons (Fsp3) is 0.200. The van der Waals surface area contributed by atoms with Crippen LogP contribution >= 0.6 is 11.8 Å². The molecule has 1 aliphatic heterocycles. The number of benzene rings is 2. The first-order valence-electron chi connectivity index (χ1n) is 8.75. The summed E-state index contributed by atoms with van der Waals surface area (Å²) in [7, 11) is 5.93. The third-order valence-corrected chi connectivity index (χ3v) is 5.13. The number of carbonyl (C=O) groups excluding carboxylic acids is 1. The predicted molar refractivity (Wildman–Crippen MR) is 109 cm³/mol. The summed E-state index contributed by atoms with van der Waals surface area (Å²) in [5, 5.41) is 9.62. The molecule has 1 amide bonds. The molecule has 0 bridgehead atoms. The molecule has 0 saturated carbocycles. The fourth-order valence-electron chi connectivity index (χ4n) is 2.82. The standard InChI is InChI=1S/C20H14BF5N2O2S/c1-19(22,23)13-8-12(20(24,25)26)4-3-11(13)9-30-15-5-2-10(6-14(15)21)7-16-17(27)28-18(29)31-16/h2-8H,9H2,1H3,(H2,27,28,29)/b16-7-. The van der Waals surface area contributed by atoms with Gasteiger partial charge in [-0.1, -0.05) is 23.7 Å². The van der Waals surface area contributed by atoms with Crippen molar-refractivity contribution in [3.8, 4) is 5.75 Å². The summed E-state index contributed by atoms with van der Waals surface area (Å²) in [6.07, 6.45) is -3.18. The minimum atomic E-state index is -4.75. The highest BCUT2D eigenvalue weighted by molar-refractivity contribution is 8.18. The monoisotopic (exact) mass is 452 g/mol. The van der Waals surface area contributed by atoms with Gasteiger partial charge >= 0.3 is 6.18 Å². The second kappa shape index (κ2) is 8.37. The SMILES string of the molecule is [B]c1cc(/C=C2\SC(=O)NC2=N)ccc1OCc1ccc(C(F)(F)F)cc1C(C)(F)F. The normalized spacial score (nSPS) is 16.0. The van der Waals surface area contributed by atoms with Gasteiger partial charge in [0, 0.05) is 12.5 Å². The van der Waals surface area contributed by atoms with Crippen LogP contribution in [-0.4, -0.2) is 18.9 Å². The maximum atomic E-state index is 13.9. The lowest BCUT2D eigenvalue weighted by Crippen LogP contribution is -2.17. The maximum absolute atomic E-state index is 13.9. The zero-order chi connectivity index (χ0) is 23.0. The van der Waals surface area contributed by atoms with Crippen molar-refractivity contribution in [3.63, 3.8) is 0 Å². The fourth-order valence-corrected chi connectivity index (χ4v) is 3.52. The van der Waals surface area contributed by atoms with E-state index in [0.717, 1.165) is 23.9 Å². The van der Waals surface area contributed by atoms with Crippen molar-refractivity contribution in [2.45, 2.75) is 25.6 Å². The van der Waals surface area contributed by atoms with Gasteiger partial charge < -0.3 is 10.1 Å². The number of hydrogen-bond acceptors (Lipinski definition) is 4. The number of ether oxygens (including phenoxy) is 1. The Morgan fingerprint density at radius 1 is 1.16 bits per heavy atom. The van der Waals surface area contributed by atoms with Crippen molar-refractivity contribution < 1.29 is 31.5 Å². The van der Waals surface area contributed by atoms with Crippen LogP contribution < -0.4 is 15.5 Å². The van der Waals surface area contributed by atoms with Crippen molar-refractivity contribution in [2.75, 3.05) is 0 Å². The van der Waals surface area contributed by atoms with Crippen molar-refractivity contribution in [3.05, 3.63) is 63.6 Å². The minimum Gasteiger partial charge on any atom is -0.490 e. The number of halogens is 5. The molecule has 3 rings (SSSR count). The smallest absolute Gasteiger partial charge is 0.416 e. The van der Waals surface area contributed by atoms with Crippen LogP contribution in [0, 0.1) is 5.41 Å². The van der Waals surface area contributed by atoms with Gasteiger partial charge in [-0.05, 0) is 47.2 Å². The molecule has 0 atom stereocenters. The summed E-state index contributed by atoms with van der Waals surface area (Å²) >= 11 is 0.856. The van der Waals surface area contributed by atoms with Gasteiger partial charge in [0.05, 0.1) is 10.5 Å². The van der Waals surface area contributed by atoms with Gasteiger partial charge in [-0.25, -0.2) is 8.78 Å². The van der Waals surface area contributed by atoms with E-state index in [-0.39, 0.29) is 27.9 Å². The maximum Gasteiger partial charge on any atom is 0.416 e. The molecule has 2 radical (unpaired) electrons. The average molecular weight is 452 g/mol. The number of nitrogens with one attached hydrogen (secondary N) is 2. The molecule has 1 heterocycles. The molecule has 4 nitrogen and oxygen atoms in total. The Kier molecular flexibility index (Phi) is 6.17. The molecule has 1 aliphatic rings. The van der Waals surface area contributed by atoms with Gasteiger partial charge in [0.1, 0.15) is 26.0 Å². The van der Waals surface area contributed by atoms with Crippen molar-refractivity contribution >= 4 is 42.2 Å². The van der Waals surface area contributed by atoms with Crippen LogP contribution in [0.2, 0.25) is 0 Å². The van der Waals surface area contributed by atoms with Crippen LogP contribution in [-0.2, 0) is 18.7 Å². The van der Waals surface area contributed by atoms with Crippen LogP contribution in [0.25, 0.3) is 6.08 Å². The molecule has 11 heteroatoms. The molecule has 0 aliphatic carbocycles. The van der Waals surface area contributed by atoms with Crippen LogP contribution in [0.4, 0.5) is 26.7 Å². The molecule has 160 valence electrons. The van der Waals surface area contributed by atoms with E-state index < -0.39 is 29.8 Å². The highest BCUT2D eigenvalue weighted by Crippen LogP contribution is 2.36. The molecule has 0 aromatic heterocycles. The zero-order valence-electron chi connectivity index (χ0n) is 15.9. The summed E-state index contributed by atoms with van der Waals surface area (Å²) in [6.45, 7) is 0.0985. The largest absolute Gasteiger partial charge is 0.490 e. The summed E-state index contributed by atoms with van der Waals surface area (Å²) in [4.78, 5) is 11.7. The number of carbonyl (C=O) groups is 1. The van der Waals surface area contributed by atoms with Crippen molar-refractivity contribution in [1.82, 2.24) is 5.32 Å². The van der Waals surface area contributed by atoms with Gasteiger partial charge in [0.2, 0.25) is 0 Å². The molecule has 2 N–H and O–H groups in total. The summed E-state index contributed by atoms with van der Waals surface area (Å²) < 4.78 is 71.9. The van der Waals surface area contributed by atoms with Crippen LogP contribution in [0.15, 0.2) is 41.3 Å². The number of amidine groups is 1. The van der Waals surface area contributed by atoms with E-state index in [2.05, 4.69) is 5.32 Å². The van der Waals surface area contributed by atoms with Crippen LogP contribution in [0.5, 0.6) is 5.75 Å². The molecular formula is C20H14BF5N2O2S. The number of hydrogen-bond donors (Lipinski definition) is 2. The quantitative estimate of drug-likeness (QED) is 0.498. The molecule has 0 spiro atoms. The molecular weight excluding hydrogens is 438 g/mol.